The molecule has 0 aliphatic carbocycles. The zero-order chi connectivity index (χ0) is 15.1. The Morgan fingerprint density at radius 3 is 2.71 bits per heavy atom. The zero-order valence-corrected chi connectivity index (χ0v) is 12.9. The minimum Gasteiger partial charge on any atom is -0.493 e. The van der Waals surface area contributed by atoms with Crippen molar-refractivity contribution < 1.29 is 13.9 Å². The molecular weight excluding hydrogens is 266 g/mol. The minimum atomic E-state index is 0.471. The third-order valence-electron chi connectivity index (χ3n) is 3.39. The molecular formula is C17H23NO3. The van der Waals surface area contributed by atoms with E-state index in [1.165, 1.54) is 5.56 Å². The van der Waals surface area contributed by atoms with Crippen molar-refractivity contribution in [3.63, 3.8) is 0 Å². The molecule has 1 aromatic carbocycles. The third-order valence-corrected chi connectivity index (χ3v) is 3.39. The summed E-state index contributed by atoms with van der Waals surface area (Å²) in [5.74, 6) is 2.44. The molecule has 114 valence electrons. The molecule has 0 aliphatic rings. The van der Waals surface area contributed by atoms with Crippen LogP contribution in [0.25, 0.3) is 0 Å². The first-order chi connectivity index (χ1) is 10.3. The molecule has 0 fully saturated rings. The molecule has 0 saturated carbocycles. The molecule has 0 spiro atoms. The second kappa shape index (κ2) is 7.74. The van der Waals surface area contributed by atoms with Crippen LogP contribution in [0.4, 0.5) is 0 Å². The van der Waals surface area contributed by atoms with Gasteiger partial charge in [0.05, 0.1) is 19.9 Å². The van der Waals surface area contributed by atoms with Gasteiger partial charge in [0.1, 0.15) is 12.4 Å². The number of hydrogen-bond acceptors (Lipinski definition) is 4. The van der Waals surface area contributed by atoms with Gasteiger partial charge in [-0.15, -0.1) is 0 Å². The van der Waals surface area contributed by atoms with Crippen molar-refractivity contribution in [1.82, 2.24) is 5.32 Å². The lowest BCUT2D eigenvalue weighted by Gasteiger charge is -2.12. The maximum absolute atomic E-state index is 5.88. The summed E-state index contributed by atoms with van der Waals surface area (Å²) in [6.45, 7) is 6.29. The van der Waals surface area contributed by atoms with Crippen molar-refractivity contribution in [2.24, 2.45) is 0 Å². The molecule has 2 aromatic rings. The second-order valence-electron chi connectivity index (χ2n) is 4.78. The zero-order valence-electron chi connectivity index (χ0n) is 12.9. The van der Waals surface area contributed by atoms with Crippen molar-refractivity contribution in [3.05, 3.63) is 47.4 Å². The summed E-state index contributed by atoms with van der Waals surface area (Å²) >= 11 is 0. The van der Waals surface area contributed by atoms with Gasteiger partial charge < -0.3 is 19.2 Å². The van der Waals surface area contributed by atoms with Crippen molar-refractivity contribution in [2.45, 2.75) is 33.4 Å². The number of aryl methyl sites for hydroxylation is 1. The maximum atomic E-state index is 5.88. The topological polar surface area (TPSA) is 43.6 Å². The third kappa shape index (κ3) is 4.02. The first kappa shape index (κ1) is 15.4. The lowest BCUT2D eigenvalue weighted by atomic mass is 10.1. The molecule has 4 heteroatoms. The molecule has 0 unspecified atom stereocenters. The highest BCUT2D eigenvalue weighted by atomic mass is 16.5. The van der Waals surface area contributed by atoms with Crippen LogP contribution in [0.1, 0.15) is 30.7 Å². The molecule has 1 N–H and O–H groups in total. The summed E-state index contributed by atoms with van der Waals surface area (Å²) in [7, 11) is 1.66. The van der Waals surface area contributed by atoms with Crippen LogP contribution >= 0.6 is 0 Å². The Hall–Kier alpha value is -1.94. The monoisotopic (exact) mass is 289 g/mol. The first-order valence-corrected chi connectivity index (χ1v) is 7.34. The average Bonchev–Trinajstić information content (AvgIpc) is 2.98. The molecule has 0 bridgehead atoms. The first-order valence-electron chi connectivity index (χ1n) is 7.34. The number of hydrogen-bond donors (Lipinski definition) is 1. The Morgan fingerprint density at radius 2 is 2.00 bits per heavy atom. The van der Waals surface area contributed by atoms with E-state index >= 15 is 0 Å². The highest BCUT2D eigenvalue weighted by molar-refractivity contribution is 5.43. The van der Waals surface area contributed by atoms with E-state index in [0.717, 1.165) is 35.8 Å². The summed E-state index contributed by atoms with van der Waals surface area (Å²) in [6.07, 6.45) is 2.67. The predicted molar refractivity (Wildman–Crippen MR) is 82.8 cm³/mol. The van der Waals surface area contributed by atoms with Crippen molar-refractivity contribution in [3.8, 4) is 11.5 Å². The smallest absolute Gasteiger partial charge is 0.161 e. The van der Waals surface area contributed by atoms with Gasteiger partial charge in [-0.3, -0.25) is 0 Å². The van der Waals surface area contributed by atoms with Crippen LogP contribution in [0, 0.1) is 0 Å². The van der Waals surface area contributed by atoms with Gasteiger partial charge in [-0.2, -0.15) is 0 Å². The Kier molecular flexibility index (Phi) is 5.69. The highest BCUT2D eigenvalue weighted by Crippen LogP contribution is 2.29. The Labute approximate surface area is 126 Å². The van der Waals surface area contributed by atoms with Gasteiger partial charge in [0.2, 0.25) is 0 Å². The van der Waals surface area contributed by atoms with Crippen LogP contribution in [0.2, 0.25) is 0 Å². The summed E-state index contributed by atoms with van der Waals surface area (Å²) in [5.41, 5.74) is 2.29. The van der Waals surface area contributed by atoms with E-state index < -0.39 is 0 Å². The minimum absolute atomic E-state index is 0.471. The normalized spacial score (nSPS) is 10.6. The quantitative estimate of drug-likeness (QED) is 0.807. The summed E-state index contributed by atoms with van der Waals surface area (Å²) < 4.78 is 16.7. The van der Waals surface area contributed by atoms with Gasteiger partial charge in [0.25, 0.3) is 0 Å². The molecule has 0 atom stereocenters. The van der Waals surface area contributed by atoms with E-state index in [1.807, 2.05) is 18.2 Å². The Morgan fingerprint density at radius 1 is 1.14 bits per heavy atom. The van der Waals surface area contributed by atoms with E-state index in [2.05, 4.69) is 25.2 Å². The molecule has 2 rings (SSSR count). The molecule has 0 amide bonds. The van der Waals surface area contributed by atoms with Gasteiger partial charge in [0.15, 0.2) is 11.5 Å². The van der Waals surface area contributed by atoms with E-state index in [9.17, 15) is 0 Å². The maximum Gasteiger partial charge on any atom is 0.161 e. The van der Waals surface area contributed by atoms with Crippen LogP contribution in [0.15, 0.2) is 34.9 Å². The van der Waals surface area contributed by atoms with E-state index in [4.69, 9.17) is 13.9 Å². The van der Waals surface area contributed by atoms with Crippen LogP contribution in [0.5, 0.6) is 11.5 Å². The number of nitrogens with one attached hydrogen (secondary N) is 1. The molecule has 1 aromatic heterocycles. The average molecular weight is 289 g/mol. The number of methoxy groups -OCH3 is 1. The standard InChI is InChI=1S/C17H23NO3/c1-4-13-6-7-15(16(10-13)19-3)21-12-14-8-9-20-17(14)11-18-5-2/h6-10,18H,4-5,11-12H2,1-3H3. The van der Waals surface area contributed by atoms with Gasteiger partial charge in [-0.05, 0) is 36.7 Å². The van der Waals surface area contributed by atoms with E-state index in [-0.39, 0.29) is 0 Å². The lowest BCUT2D eigenvalue weighted by Crippen LogP contribution is -2.12. The predicted octanol–water partition coefficient (Wildman–Crippen LogP) is 3.54. The van der Waals surface area contributed by atoms with Gasteiger partial charge in [0, 0.05) is 5.56 Å². The lowest BCUT2D eigenvalue weighted by molar-refractivity contribution is 0.281. The fourth-order valence-electron chi connectivity index (χ4n) is 2.10. The van der Waals surface area contributed by atoms with Gasteiger partial charge in [-0.1, -0.05) is 19.9 Å². The molecule has 4 nitrogen and oxygen atoms in total. The fourth-order valence-corrected chi connectivity index (χ4v) is 2.10. The summed E-state index contributed by atoms with van der Waals surface area (Å²) in [5, 5.41) is 3.25. The highest BCUT2D eigenvalue weighted by Gasteiger charge is 2.09. The number of furan rings is 1. The van der Waals surface area contributed by atoms with Gasteiger partial charge in [-0.25, -0.2) is 0 Å². The number of benzene rings is 1. The van der Waals surface area contributed by atoms with Crippen molar-refractivity contribution in [2.75, 3.05) is 13.7 Å². The number of ether oxygens (including phenoxy) is 2. The number of rotatable bonds is 8. The van der Waals surface area contributed by atoms with Gasteiger partial charge >= 0.3 is 0 Å². The molecule has 0 radical (unpaired) electrons. The van der Waals surface area contributed by atoms with E-state index in [0.29, 0.717) is 13.2 Å². The van der Waals surface area contributed by atoms with Crippen LogP contribution in [-0.4, -0.2) is 13.7 Å². The molecule has 21 heavy (non-hydrogen) atoms. The van der Waals surface area contributed by atoms with Crippen LogP contribution < -0.4 is 14.8 Å². The van der Waals surface area contributed by atoms with Crippen molar-refractivity contribution >= 4 is 0 Å². The van der Waals surface area contributed by atoms with E-state index in [1.54, 1.807) is 13.4 Å². The SMILES string of the molecule is CCNCc1occc1COc1ccc(CC)cc1OC. The summed E-state index contributed by atoms with van der Waals surface area (Å²) in [4.78, 5) is 0. The molecule has 1 heterocycles. The Bertz CT molecular complexity index is 563. The molecule has 0 aliphatic heterocycles. The van der Waals surface area contributed by atoms with Crippen molar-refractivity contribution in [1.29, 1.82) is 0 Å². The largest absolute Gasteiger partial charge is 0.493 e. The second-order valence-corrected chi connectivity index (χ2v) is 4.78. The molecule has 0 saturated heterocycles. The Balaban J connectivity index is 2.04. The fraction of sp³-hybridized carbons (Fsp3) is 0.412. The summed E-state index contributed by atoms with van der Waals surface area (Å²) in [6, 6.07) is 7.98. The van der Waals surface area contributed by atoms with Crippen LogP contribution in [0.3, 0.4) is 0 Å². The van der Waals surface area contributed by atoms with Crippen LogP contribution in [-0.2, 0) is 19.6 Å².